The van der Waals surface area contributed by atoms with Gasteiger partial charge in [0.15, 0.2) is 0 Å². The van der Waals surface area contributed by atoms with E-state index in [4.69, 9.17) is 9.47 Å². The first-order chi connectivity index (χ1) is 13.7. The number of rotatable bonds is 5. The SMILES string of the molecule is COc1cc(-n2cnnn2)ccc1NC(=O)CN1CCOc2ccccc2C1. The molecule has 9 heteroatoms. The van der Waals surface area contributed by atoms with E-state index in [1.165, 1.54) is 11.0 Å². The van der Waals surface area contributed by atoms with Gasteiger partial charge in [0, 0.05) is 24.7 Å². The number of aromatic nitrogens is 4. The molecule has 0 saturated carbocycles. The molecular formula is C19H20N6O3. The summed E-state index contributed by atoms with van der Waals surface area (Å²) in [5, 5.41) is 14.0. The van der Waals surface area contributed by atoms with E-state index < -0.39 is 0 Å². The van der Waals surface area contributed by atoms with E-state index in [1.807, 2.05) is 30.3 Å². The second-order valence-electron chi connectivity index (χ2n) is 6.35. The van der Waals surface area contributed by atoms with Gasteiger partial charge in [0.2, 0.25) is 5.91 Å². The maximum atomic E-state index is 12.6. The van der Waals surface area contributed by atoms with Crippen LogP contribution in [0.1, 0.15) is 5.56 Å². The number of methoxy groups -OCH3 is 1. The van der Waals surface area contributed by atoms with E-state index in [9.17, 15) is 4.79 Å². The highest BCUT2D eigenvalue weighted by Gasteiger charge is 2.18. The topological polar surface area (TPSA) is 94.4 Å². The number of tetrazole rings is 1. The molecule has 0 unspecified atom stereocenters. The van der Waals surface area contributed by atoms with E-state index in [-0.39, 0.29) is 12.5 Å². The van der Waals surface area contributed by atoms with Crippen LogP contribution in [0.15, 0.2) is 48.8 Å². The van der Waals surface area contributed by atoms with Gasteiger partial charge in [0.1, 0.15) is 24.4 Å². The van der Waals surface area contributed by atoms with E-state index >= 15 is 0 Å². The number of benzene rings is 2. The summed E-state index contributed by atoms with van der Waals surface area (Å²) in [6.45, 7) is 2.15. The fraction of sp³-hybridized carbons (Fsp3) is 0.263. The second kappa shape index (κ2) is 8.05. The number of ether oxygens (including phenoxy) is 2. The van der Waals surface area contributed by atoms with Crippen LogP contribution in [-0.2, 0) is 11.3 Å². The van der Waals surface area contributed by atoms with Crippen LogP contribution in [0.2, 0.25) is 0 Å². The minimum atomic E-state index is -0.118. The first kappa shape index (κ1) is 17.9. The van der Waals surface area contributed by atoms with E-state index in [0.717, 1.165) is 17.0 Å². The van der Waals surface area contributed by atoms with Gasteiger partial charge in [-0.15, -0.1) is 5.10 Å². The number of nitrogens with zero attached hydrogens (tertiary/aromatic N) is 5. The number of hydrogen-bond donors (Lipinski definition) is 1. The molecular weight excluding hydrogens is 360 g/mol. The van der Waals surface area contributed by atoms with Crippen LogP contribution in [0, 0.1) is 0 Å². The lowest BCUT2D eigenvalue weighted by molar-refractivity contribution is -0.117. The van der Waals surface area contributed by atoms with Crippen LogP contribution in [0.4, 0.5) is 5.69 Å². The van der Waals surface area contributed by atoms with Gasteiger partial charge in [-0.2, -0.15) is 0 Å². The van der Waals surface area contributed by atoms with Crippen LogP contribution in [-0.4, -0.2) is 57.8 Å². The molecule has 1 aliphatic rings. The summed E-state index contributed by atoms with van der Waals surface area (Å²) in [4.78, 5) is 14.7. The van der Waals surface area contributed by atoms with Crippen molar-refractivity contribution in [1.82, 2.24) is 25.1 Å². The lowest BCUT2D eigenvalue weighted by Gasteiger charge is -2.19. The Bertz CT molecular complexity index is 960. The van der Waals surface area contributed by atoms with Gasteiger partial charge in [-0.1, -0.05) is 18.2 Å². The molecule has 1 amide bonds. The van der Waals surface area contributed by atoms with Gasteiger partial charge in [0.25, 0.3) is 0 Å². The summed E-state index contributed by atoms with van der Waals surface area (Å²) >= 11 is 0. The zero-order valence-corrected chi connectivity index (χ0v) is 15.4. The average Bonchev–Trinajstić information content (AvgIpc) is 3.16. The maximum absolute atomic E-state index is 12.6. The van der Waals surface area contributed by atoms with Crippen LogP contribution in [0.3, 0.4) is 0 Å². The second-order valence-corrected chi connectivity index (χ2v) is 6.35. The number of para-hydroxylation sites is 1. The van der Waals surface area contributed by atoms with Crippen molar-refractivity contribution in [3.8, 4) is 17.2 Å². The van der Waals surface area contributed by atoms with Crippen LogP contribution < -0.4 is 14.8 Å². The third-order valence-electron chi connectivity index (χ3n) is 4.47. The number of hydrogen-bond acceptors (Lipinski definition) is 7. The number of anilines is 1. The lowest BCUT2D eigenvalue weighted by Crippen LogP contribution is -2.34. The van der Waals surface area contributed by atoms with Gasteiger partial charge >= 0.3 is 0 Å². The Balaban J connectivity index is 1.43. The lowest BCUT2D eigenvalue weighted by atomic mass is 10.2. The molecule has 4 rings (SSSR count). The third kappa shape index (κ3) is 3.94. The molecule has 3 aromatic rings. The molecule has 1 aliphatic heterocycles. The predicted octanol–water partition coefficient (Wildman–Crippen LogP) is 1.50. The largest absolute Gasteiger partial charge is 0.494 e. The minimum Gasteiger partial charge on any atom is -0.494 e. The summed E-state index contributed by atoms with van der Waals surface area (Å²) < 4.78 is 12.7. The monoisotopic (exact) mass is 380 g/mol. The molecule has 1 aromatic heterocycles. The molecule has 2 aromatic carbocycles. The Morgan fingerprint density at radius 2 is 2.18 bits per heavy atom. The normalized spacial score (nSPS) is 13.9. The van der Waals surface area contributed by atoms with Crippen LogP contribution >= 0.6 is 0 Å². The van der Waals surface area contributed by atoms with Crippen LogP contribution in [0.25, 0.3) is 5.69 Å². The summed E-state index contributed by atoms with van der Waals surface area (Å²) in [6.07, 6.45) is 1.49. The third-order valence-corrected chi connectivity index (χ3v) is 4.47. The zero-order chi connectivity index (χ0) is 19.3. The number of carbonyl (C=O) groups excluding carboxylic acids is 1. The van der Waals surface area contributed by atoms with Crippen molar-refractivity contribution in [3.05, 3.63) is 54.4 Å². The van der Waals surface area contributed by atoms with Crippen molar-refractivity contribution in [2.75, 3.05) is 32.1 Å². The molecule has 0 radical (unpaired) electrons. The molecule has 2 heterocycles. The summed E-state index contributed by atoms with van der Waals surface area (Å²) in [5.41, 5.74) is 2.41. The van der Waals surface area contributed by atoms with Crippen LogP contribution in [0.5, 0.6) is 11.5 Å². The highest BCUT2D eigenvalue weighted by atomic mass is 16.5. The Labute approximate surface area is 161 Å². The quantitative estimate of drug-likeness (QED) is 0.717. The number of amides is 1. The Morgan fingerprint density at radius 3 is 3.00 bits per heavy atom. The van der Waals surface area contributed by atoms with E-state index in [1.54, 1.807) is 19.2 Å². The van der Waals surface area contributed by atoms with Gasteiger partial charge < -0.3 is 14.8 Å². The molecule has 0 bridgehead atoms. The first-order valence-corrected chi connectivity index (χ1v) is 8.87. The molecule has 144 valence electrons. The Hall–Kier alpha value is -3.46. The minimum absolute atomic E-state index is 0.118. The molecule has 28 heavy (non-hydrogen) atoms. The first-order valence-electron chi connectivity index (χ1n) is 8.87. The highest BCUT2D eigenvalue weighted by Crippen LogP contribution is 2.27. The van der Waals surface area contributed by atoms with E-state index in [0.29, 0.717) is 31.1 Å². The molecule has 0 fully saturated rings. The summed E-state index contributed by atoms with van der Waals surface area (Å²) in [7, 11) is 1.55. The molecule has 0 spiro atoms. The van der Waals surface area contributed by atoms with Crippen molar-refractivity contribution in [3.63, 3.8) is 0 Å². The summed E-state index contributed by atoms with van der Waals surface area (Å²) in [5.74, 6) is 1.30. The molecule has 0 atom stereocenters. The zero-order valence-electron chi connectivity index (χ0n) is 15.4. The Kier molecular flexibility index (Phi) is 5.16. The average molecular weight is 380 g/mol. The van der Waals surface area contributed by atoms with E-state index in [2.05, 4.69) is 25.7 Å². The van der Waals surface area contributed by atoms with Gasteiger partial charge in [-0.05, 0) is 28.6 Å². The van der Waals surface area contributed by atoms with Gasteiger partial charge in [0.05, 0.1) is 25.0 Å². The van der Waals surface area contributed by atoms with Gasteiger partial charge in [-0.25, -0.2) is 4.68 Å². The molecule has 9 nitrogen and oxygen atoms in total. The standard InChI is InChI=1S/C19H20N6O3/c1-27-18-10-15(25-13-20-22-23-25)6-7-16(18)21-19(26)12-24-8-9-28-17-5-3-2-4-14(17)11-24/h2-7,10,13H,8-9,11-12H2,1H3,(H,21,26). The van der Waals surface area contributed by atoms with Crippen molar-refractivity contribution < 1.29 is 14.3 Å². The number of carbonyl (C=O) groups is 1. The molecule has 0 aliphatic carbocycles. The fourth-order valence-electron chi connectivity index (χ4n) is 3.11. The van der Waals surface area contributed by atoms with Crippen molar-refractivity contribution in [1.29, 1.82) is 0 Å². The maximum Gasteiger partial charge on any atom is 0.238 e. The molecule has 0 saturated heterocycles. The summed E-state index contributed by atoms with van der Waals surface area (Å²) in [6, 6.07) is 13.2. The van der Waals surface area contributed by atoms with Crippen molar-refractivity contribution in [2.45, 2.75) is 6.54 Å². The predicted molar refractivity (Wildman–Crippen MR) is 102 cm³/mol. The number of nitrogens with one attached hydrogen (secondary N) is 1. The fourth-order valence-corrected chi connectivity index (χ4v) is 3.11. The van der Waals surface area contributed by atoms with Crippen molar-refractivity contribution in [2.24, 2.45) is 0 Å². The Morgan fingerprint density at radius 1 is 1.29 bits per heavy atom. The number of fused-ring (bicyclic) bond motifs is 1. The molecule has 1 N–H and O–H groups in total. The smallest absolute Gasteiger partial charge is 0.238 e. The van der Waals surface area contributed by atoms with Gasteiger partial charge in [-0.3, -0.25) is 9.69 Å². The highest BCUT2D eigenvalue weighted by molar-refractivity contribution is 5.93. The van der Waals surface area contributed by atoms with Crippen molar-refractivity contribution >= 4 is 11.6 Å².